The number of nitrogens with zero attached hydrogens (tertiary/aromatic N) is 1. The monoisotopic (exact) mass is 245 g/mol. The molecule has 4 heteroatoms. The highest BCUT2D eigenvalue weighted by molar-refractivity contribution is 5.58. The second-order valence-electron chi connectivity index (χ2n) is 4.97. The van der Waals surface area contributed by atoms with E-state index in [9.17, 15) is 4.39 Å². The van der Waals surface area contributed by atoms with Crippen LogP contribution in [0.25, 0.3) is 11.3 Å². The van der Waals surface area contributed by atoms with Gasteiger partial charge in [-0.3, -0.25) is 0 Å². The molecule has 2 N–H and O–H groups in total. The van der Waals surface area contributed by atoms with E-state index in [1.165, 1.54) is 12.1 Å². The molecule has 3 rings (SSSR count). The molecule has 3 nitrogen and oxygen atoms in total. The van der Waals surface area contributed by atoms with Gasteiger partial charge >= 0.3 is 0 Å². The number of hydrogen-bond donors (Lipinski definition) is 2. The summed E-state index contributed by atoms with van der Waals surface area (Å²) >= 11 is 0. The van der Waals surface area contributed by atoms with Crippen LogP contribution in [-0.4, -0.2) is 23.6 Å². The van der Waals surface area contributed by atoms with Gasteiger partial charge in [-0.25, -0.2) is 9.37 Å². The third kappa shape index (κ3) is 1.93. The maximum Gasteiger partial charge on any atom is 0.123 e. The molecule has 1 fully saturated rings. The summed E-state index contributed by atoms with van der Waals surface area (Å²) in [5.41, 5.74) is 1.89. The molecule has 1 saturated carbocycles. The molecule has 94 valence electrons. The number of imidazole rings is 1. The third-order valence-electron chi connectivity index (χ3n) is 3.58. The summed E-state index contributed by atoms with van der Waals surface area (Å²) in [6.45, 7) is 0.934. The Bertz CT molecular complexity index is 558. The molecule has 0 amide bonds. The van der Waals surface area contributed by atoms with Crippen molar-refractivity contribution in [1.29, 1.82) is 0 Å². The van der Waals surface area contributed by atoms with Crippen molar-refractivity contribution in [2.75, 3.05) is 13.6 Å². The van der Waals surface area contributed by atoms with E-state index in [4.69, 9.17) is 0 Å². The molecule has 2 aromatic rings. The number of benzene rings is 1. The van der Waals surface area contributed by atoms with E-state index >= 15 is 0 Å². The van der Waals surface area contributed by atoms with Crippen LogP contribution >= 0.6 is 0 Å². The summed E-state index contributed by atoms with van der Waals surface area (Å²) in [7, 11) is 1.95. The van der Waals surface area contributed by atoms with E-state index < -0.39 is 0 Å². The van der Waals surface area contributed by atoms with Gasteiger partial charge in [-0.1, -0.05) is 12.1 Å². The van der Waals surface area contributed by atoms with E-state index in [0.717, 1.165) is 36.5 Å². The predicted molar refractivity (Wildman–Crippen MR) is 68.8 cm³/mol. The Morgan fingerprint density at radius 1 is 1.44 bits per heavy atom. The van der Waals surface area contributed by atoms with E-state index in [-0.39, 0.29) is 11.2 Å². The number of hydrogen-bond acceptors (Lipinski definition) is 2. The number of halogens is 1. The molecule has 0 spiro atoms. The highest BCUT2D eigenvalue weighted by Crippen LogP contribution is 2.46. The van der Waals surface area contributed by atoms with Crippen LogP contribution in [0.2, 0.25) is 0 Å². The number of nitrogens with one attached hydrogen (secondary N) is 2. The van der Waals surface area contributed by atoms with E-state index in [0.29, 0.717) is 0 Å². The van der Waals surface area contributed by atoms with Gasteiger partial charge in [0, 0.05) is 17.5 Å². The first-order valence-electron chi connectivity index (χ1n) is 6.20. The smallest absolute Gasteiger partial charge is 0.123 e. The van der Waals surface area contributed by atoms with Gasteiger partial charge < -0.3 is 10.3 Å². The lowest BCUT2D eigenvalue weighted by molar-refractivity contribution is 0.594. The fourth-order valence-electron chi connectivity index (χ4n) is 2.38. The van der Waals surface area contributed by atoms with Crippen molar-refractivity contribution in [2.24, 2.45) is 0 Å². The molecule has 0 unspecified atom stereocenters. The highest BCUT2D eigenvalue weighted by Gasteiger charge is 2.46. The number of aromatic amines is 1. The van der Waals surface area contributed by atoms with Crippen LogP contribution in [0.5, 0.6) is 0 Å². The van der Waals surface area contributed by atoms with Crippen molar-refractivity contribution in [3.63, 3.8) is 0 Å². The molecule has 0 aliphatic heterocycles. The first-order chi connectivity index (χ1) is 8.73. The Labute approximate surface area is 105 Å². The Kier molecular flexibility index (Phi) is 2.67. The first-order valence-corrected chi connectivity index (χ1v) is 6.20. The van der Waals surface area contributed by atoms with Crippen molar-refractivity contribution in [3.05, 3.63) is 42.1 Å². The molecule has 1 aromatic carbocycles. The zero-order valence-corrected chi connectivity index (χ0v) is 10.3. The molecule has 1 aliphatic carbocycles. The van der Waals surface area contributed by atoms with Gasteiger partial charge in [0.25, 0.3) is 0 Å². The minimum Gasteiger partial charge on any atom is -0.341 e. The lowest BCUT2D eigenvalue weighted by Crippen LogP contribution is -2.24. The van der Waals surface area contributed by atoms with E-state index in [1.54, 1.807) is 12.3 Å². The van der Waals surface area contributed by atoms with E-state index in [2.05, 4.69) is 15.3 Å². The van der Waals surface area contributed by atoms with Crippen LogP contribution in [0.15, 0.2) is 30.5 Å². The van der Waals surface area contributed by atoms with E-state index in [1.807, 2.05) is 13.1 Å². The normalized spacial score (nSPS) is 16.8. The molecule has 18 heavy (non-hydrogen) atoms. The standard InChI is InChI=1S/C14H16FN3/c1-16-9-14(5-6-14)13-17-8-12(18-13)10-3-2-4-11(15)7-10/h2-4,7-8,16H,5-6,9H2,1H3,(H,17,18). The molecule has 0 radical (unpaired) electrons. The molecular formula is C14H16FN3. The summed E-state index contributed by atoms with van der Waals surface area (Å²) in [5, 5.41) is 3.21. The first kappa shape index (κ1) is 11.4. The fourth-order valence-corrected chi connectivity index (χ4v) is 2.38. The number of likely N-dealkylation sites (N-methyl/N-ethyl adjacent to an activating group) is 1. The quantitative estimate of drug-likeness (QED) is 0.868. The molecule has 0 saturated heterocycles. The van der Waals surface area contributed by atoms with Crippen LogP contribution in [0.4, 0.5) is 4.39 Å². The molecule has 1 heterocycles. The fraction of sp³-hybridized carbons (Fsp3) is 0.357. The summed E-state index contributed by atoms with van der Waals surface area (Å²) in [6, 6.07) is 6.57. The maximum absolute atomic E-state index is 13.2. The lowest BCUT2D eigenvalue weighted by atomic mass is 10.1. The summed E-state index contributed by atoms with van der Waals surface area (Å²) in [6.07, 6.45) is 4.10. The minimum absolute atomic E-state index is 0.167. The number of H-pyrrole nitrogens is 1. The van der Waals surface area contributed by atoms with Crippen molar-refractivity contribution in [1.82, 2.24) is 15.3 Å². The van der Waals surface area contributed by atoms with Crippen LogP contribution < -0.4 is 5.32 Å². The summed E-state index contributed by atoms with van der Waals surface area (Å²) in [5.74, 6) is 0.788. The molecular weight excluding hydrogens is 229 g/mol. The second-order valence-corrected chi connectivity index (χ2v) is 4.97. The molecule has 1 aliphatic rings. The van der Waals surface area contributed by atoms with Crippen LogP contribution in [0, 0.1) is 5.82 Å². The lowest BCUT2D eigenvalue weighted by Gasteiger charge is -2.10. The van der Waals surface area contributed by atoms with Crippen LogP contribution in [0.3, 0.4) is 0 Å². The van der Waals surface area contributed by atoms with Gasteiger partial charge in [0.15, 0.2) is 0 Å². The Balaban J connectivity index is 1.90. The van der Waals surface area contributed by atoms with Crippen molar-refractivity contribution >= 4 is 0 Å². The maximum atomic E-state index is 13.2. The average Bonchev–Trinajstić information content (AvgIpc) is 2.97. The molecule has 0 bridgehead atoms. The summed E-state index contributed by atoms with van der Waals surface area (Å²) in [4.78, 5) is 7.78. The van der Waals surface area contributed by atoms with Crippen LogP contribution in [-0.2, 0) is 5.41 Å². The molecule has 1 aromatic heterocycles. The second kappa shape index (κ2) is 4.21. The third-order valence-corrected chi connectivity index (χ3v) is 3.58. The predicted octanol–water partition coefficient (Wildman–Crippen LogP) is 2.47. The Morgan fingerprint density at radius 2 is 2.28 bits per heavy atom. The molecule has 0 atom stereocenters. The van der Waals surface area contributed by atoms with Crippen molar-refractivity contribution < 1.29 is 4.39 Å². The largest absolute Gasteiger partial charge is 0.341 e. The van der Waals surface area contributed by atoms with Gasteiger partial charge in [-0.05, 0) is 32.0 Å². The zero-order valence-electron chi connectivity index (χ0n) is 10.3. The Hall–Kier alpha value is -1.68. The van der Waals surface area contributed by atoms with Gasteiger partial charge in [0.1, 0.15) is 11.6 Å². The number of rotatable bonds is 4. The SMILES string of the molecule is CNCC1(c2ncc(-c3cccc(F)c3)[nH]2)CC1. The minimum atomic E-state index is -0.222. The van der Waals surface area contributed by atoms with Crippen LogP contribution in [0.1, 0.15) is 18.7 Å². The highest BCUT2D eigenvalue weighted by atomic mass is 19.1. The summed E-state index contributed by atoms with van der Waals surface area (Å²) < 4.78 is 13.2. The van der Waals surface area contributed by atoms with Gasteiger partial charge in [0.2, 0.25) is 0 Å². The number of aromatic nitrogens is 2. The van der Waals surface area contributed by atoms with Crippen molar-refractivity contribution in [3.8, 4) is 11.3 Å². The van der Waals surface area contributed by atoms with Crippen molar-refractivity contribution in [2.45, 2.75) is 18.3 Å². The zero-order chi connectivity index (χ0) is 12.6. The Morgan fingerprint density at radius 3 is 2.94 bits per heavy atom. The van der Waals surface area contributed by atoms with Gasteiger partial charge in [-0.2, -0.15) is 0 Å². The van der Waals surface area contributed by atoms with Gasteiger partial charge in [-0.15, -0.1) is 0 Å². The van der Waals surface area contributed by atoms with Gasteiger partial charge in [0.05, 0.1) is 11.9 Å². The average molecular weight is 245 g/mol. The topological polar surface area (TPSA) is 40.7 Å².